The second kappa shape index (κ2) is 5.28. The van der Waals surface area contributed by atoms with Crippen molar-refractivity contribution in [2.45, 2.75) is 18.4 Å². The number of nitrogens with one attached hydrogen (secondary N) is 1. The zero-order valence-corrected chi connectivity index (χ0v) is 12.9. The first kappa shape index (κ1) is 14.8. The third-order valence-corrected chi connectivity index (χ3v) is 4.31. The molecule has 0 aromatic heterocycles. The molecular formula is C15H16ClN3O3. The van der Waals surface area contributed by atoms with E-state index in [1.54, 1.807) is 12.1 Å². The summed E-state index contributed by atoms with van der Waals surface area (Å²) < 4.78 is 0. The average Bonchev–Trinajstić information content (AvgIpc) is 3.20. The van der Waals surface area contributed by atoms with Crippen molar-refractivity contribution < 1.29 is 14.4 Å². The first-order valence-corrected chi connectivity index (χ1v) is 7.42. The number of halogens is 1. The topological polar surface area (TPSA) is 69.7 Å². The number of rotatable bonds is 4. The summed E-state index contributed by atoms with van der Waals surface area (Å²) in [5, 5.41) is 3.58. The molecule has 1 aromatic rings. The molecule has 6 nitrogen and oxygen atoms in total. The summed E-state index contributed by atoms with van der Waals surface area (Å²) in [6, 6.07) is 6.90. The van der Waals surface area contributed by atoms with E-state index < -0.39 is 6.03 Å². The number of hydrogen-bond donors (Lipinski definition) is 1. The number of hydrogen-bond acceptors (Lipinski definition) is 3. The highest BCUT2D eigenvalue weighted by molar-refractivity contribution is 6.30. The zero-order valence-electron chi connectivity index (χ0n) is 12.1. The third-order valence-electron chi connectivity index (χ3n) is 4.06. The number of benzene rings is 1. The standard InChI is InChI=1S/C15H16ClN3O3/c1-18-9-13(21)19(14(18)22)8-12(20)17-15(6-7-15)10-2-4-11(16)5-3-10/h2-5H,6-9H2,1H3,(H,17,20). The summed E-state index contributed by atoms with van der Waals surface area (Å²) in [6.45, 7) is -0.216. The summed E-state index contributed by atoms with van der Waals surface area (Å²) in [6.07, 6.45) is 1.67. The molecule has 2 aliphatic rings. The van der Waals surface area contributed by atoms with Gasteiger partial charge in [-0.25, -0.2) is 4.79 Å². The lowest BCUT2D eigenvalue weighted by Crippen LogP contribution is -2.44. The molecule has 3 rings (SSSR count). The Bertz CT molecular complexity index is 640. The molecule has 1 aliphatic carbocycles. The number of urea groups is 1. The van der Waals surface area contributed by atoms with Crippen LogP contribution in [0, 0.1) is 0 Å². The van der Waals surface area contributed by atoms with Gasteiger partial charge in [-0.15, -0.1) is 0 Å². The largest absolute Gasteiger partial charge is 0.345 e. The Kier molecular flexibility index (Phi) is 3.56. The molecule has 22 heavy (non-hydrogen) atoms. The van der Waals surface area contributed by atoms with E-state index >= 15 is 0 Å². The van der Waals surface area contributed by atoms with Gasteiger partial charge in [0.25, 0.3) is 5.91 Å². The number of carbonyl (C=O) groups excluding carboxylic acids is 3. The maximum absolute atomic E-state index is 12.2. The SMILES string of the molecule is CN1CC(=O)N(CC(=O)NC2(c3ccc(Cl)cc3)CC2)C1=O. The minimum Gasteiger partial charge on any atom is -0.345 e. The predicted octanol–water partition coefficient (Wildman–Crippen LogP) is 1.34. The van der Waals surface area contributed by atoms with Gasteiger partial charge in [0.2, 0.25) is 5.91 Å². The fraction of sp³-hybridized carbons (Fsp3) is 0.400. The van der Waals surface area contributed by atoms with Gasteiger partial charge in [0.1, 0.15) is 13.1 Å². The van der Waals surface area contributed by atoms with E-state index in [0.29, 0.717) is 5.02 Å². The highest BCUT2D eigenvalue weighted by Gasteiger charge is 2.46. The number of imide groups is 1. The van der Waals surface area contributed by atoms with E-state index in [0.717, 1.165) is 23.3 Å². The van der Waals surface area contributed by atoms with Crippen LogP contribution in [-0.4, -0.2) is 47.8 Å². The quantitative estimate of drug-likeness (QED) is 0.851. The molecule has 0 atom stereocenters. The van der Waals surface area contributed by atoms with Gasteiger partial charge >= 0.3 is 6.03 Å². The number of nitrogens with zero attached hydrogens (tertiary/aromatic N) is 2. The van der Waals surface area contributed by atoms with Crippen molar-refractivity contribution >= 4 is 29.4 Å². The highest BCUT2D eigenvalue weighted by atomic mass is 35.5. The molecule has 0 spiro atoms. The van der Waals surface area contributed by atoms with Gasteiger partial charge in [-0.05, 0) is 30.5 Å². The van der Waals surface area contributed by atoms with Crippen molar-refractivity contribution in [2.24, 2.45) is 0 Å². The van der Waals surface area contributed by atoms with Crippen LogP contribution in [0.1, 0.15) is 18.4 Å². The van der Waals surface area contributed by atoms with E-state index in [2.05, 4.69) is 5.32 Å². The van der Waals surface area contributed by atoms with Crippen molar-refractivity contribution in [2.75, 3.05) is 20.1 Å². The maximum atomic E-state index is 12.2. The summed E-state index contributed by atoms with van der Waals surface area (Å²) in [4.78, 5) is 37.9. The molecule has 0 bridgehead atoms. The maximum Gasteiger partial charge on any atom is 0.327 e. The molecule has 1 N–H and O–H groups in total. The highest BCUT2D eigenvalue weighted by Crippen LogP contribution is 2.45. The summed E-state index contributed by atoms with van der Waals surface area (Å²) >= 11 is 5.87. The Morgan fingerprint density at radius 1 is 1.27 bits per heavy atom. The van der Waals surface area contributed by atoms with E-state index in [-0.39, 0.29) is 30.4 Å². The minimum absolute atomic E-state index is 0.0223. The van der Waals surface area contributed by atoms with Gasteiger partial charge in [0.15, 0.2) is 0 Å². The van der Waals surface area contributed by atoms with Crippen molar-refractivity contribution in [1.29, 1.82) is 0 Å². The molecule has 7 heteroatoms. The van der Waals surface area contributed by atoms with Crippen molar-refractivity contribution in [3.05, 3.63) is 34.9 Å². The Morgan fingerprint density at radius 3 is 2.41 bits per heavy atom. The van der Waals surface area contributed by atoms with Crippen molar-refractivity contribution in [1.82, 2.24) is 15.1 Å². The Labute approximate surface area is 133 Å². The molecule has 1 saturated carbocycles. The van der Waals surface area contributed by atoms with Crippen LogP contribution >= 0.6 is 11.6 Å². The van der Waals surface area contributed by atoms with Crippen LogP contribution in [0.25, 0.3) is 0 Å². The fourth-order valence-corrected chi connectivity index (χ4v) is 2.78. The van der Waals surface area contributed by atoms with Crippen LogP contribution < -0.4 is 5.32 Å². The lowest BCUT2D eigenvalue weighted by atomic mass is 10.1. The lowest BCUT2D eigenvalue weighted by Gasteiger charge is -2.20. The van der Waals surface area contributed by atoms with Crippen molar-refractivity contribution in [3.8, 4) is 0 Å². The van der Waals surface area contributed by atoms with E-state index in [9.17, 15) is 14.4 Å². The normalized spacial score (nSPS) is 19.5. The average molecular weight is 322 g/mol. The first-order valence-electron chi connectivity index (χ1n) is 7.04. The van der Waals surface area contributed by atoms with E-state index in [1.165, 1.54) is 11.9 Å². The second-order valence-electron chi connectivity index (χ2n) is 5.76. The Hall–Kier alpha value is -2.08. The van der Waals surface area contributed by atoms with Crippen LogP contribution in [-0.2, 0) is 15.1 Å². The fourth-order valence-electron chi connectivity index (χ4n) is 2.65. The van der Waals surface area contributed by atoms with Gasteiger partial charge in [0, 0.05) is 12.1 Å². The summed E-state index contributed by atoms with van der Waals surface area (Å²) in [5.41, 5.74) is 0.598. The van der Waals surface area contributed by atoms with Gasteiger partial charge in [-0.3, -0.25) is 14.5 Å². The van der Waals surface area contributed by atoms with Crippen LogP contribution in [0.3, 0.4) is 0 Å². The molecular weight excluding hydrogens is 306 g/mol. The zero-order chi connectivity index (χ0) is 15.9. The van der Waals surface area contributed by atoms with Gasteiger partial charge in [-0.2, -0.15) is 0 Å². The number of likely N-dealkylation sites (N-methyl/N-ethyl adjacent to an activating group) is 1. The Morgan fingerprint density at radius 2 is 1.91 bits per heavy atom. The predicted molar refractivity (Wildman–Crippen MR) is 80.2 cm³/mol. The van der Waals surface area contributed by atoms with Crippen LogP contribution in [0.5, 0.6) is 0 Å². The first-order chi connectivity index (χ1) is 10.4. The van der Waals surface area contributed by atoms with E-state index in [1.807, 2.05) is 12.1 Å². The monoisotopic (exact) mass is 321 g/mol. The summed E-state index contributed by atoms with van der Waals surface area (Å²) in [7, 11) is 1.54. The molecule has 1 saturated heterocycles. The van der Waals surface area contributed by atoms with Gasteiger partial charge in [0.05, 0.1) is 5.54 Å². The van der Waals surface area contributed by atoms with Gasteiger partial charge < -0.3 is 10.2 Å². The number of amides is 4. The minimum atomic E-state index is -0.434. The van der Waals surface area contributed by atoms with Crippen LogP contribution in [0.2, 0.25) is 5.02 Å². The van der Waals surface area contributed by atoms with Gasteiger partial charge in [-0.1, -0.05) is 23.7 Å². The van der Waals surface area contributed by atoms with E-state index in [4.69, 9.17) is 11.6 Å². The molecule has 4 amide bonds. The molecule has 0 unspecified atom stereocenters. The molecule has 1 aromatic carbocycles. The van der Waals surface area contributed by atoms with Crippen molar-refractivity contribution in [3.63, 3.8) is 0 Å². The summed E-state index contributed by atoms with van der Waals surface area (Å²) in [5.74, 6) is -0.677. The third kappa shape index (κ3) is 2.66. The number of carbonyl (C=O) groups is 3. The lowest BCUT2D eigenvalue weighted by molar-refractivity contribution is -0.131. The Balaban J connectivity index is 1.66. The molecule has 1 aliphatic heterocycles. The molecule has 116 valence electrons. The molecule has 0 radical (unpaired) electrons. The molecule has 2 fully saturated rings. The second-order valence-corrected chi connectivity index (χ2v) is 6.19. The molecule has 1 heterocycles. The van der Waals surface area contributed by atoms with Crippen LogP contribution in [0.4, 0.5) is 4.79 Å². The smallest absolute Gasteiger partial charge is 0.327 e. The van der Waals surface area contributed by atoms with Crippen LogP contribution in [0.15, 0.2) is 24.3 Å².